The first-order valence-corrected chi connectivity index (χ1v) is 7.80. The Balaban J connectivity index is 2.00. The Morgan fingerprint density at radius 1 is 1.50 bits per heavy atom. The number of β-lactam (4-membered cyclic amide) rings is 1. The first kappa shape index (κ1) is 12.4. The molecule has 7 heteroatoms. The van der Waals surface area contributed by atoms with Crippen LogP contribution in [0.25, 0.3) is 0 Å². The number of thioether (sulfide) groups is 2. The normalized spacial score (nSPS) is 36.0. The van der Waals surface area contributed by atoms with Gasteiger partial charge in [0, 0.05) is 16.4 Å². The molecule has 5 nitrogen and oxygen atoms in total. The molecule has 2 fully saturated rings. The van der Waals surface area contributed by atoms with E-state index in [1.54, 1.807) is 18.7 Å². The molecule has 3 heterocycles. The van der Waals surface area contributed by atoms with Crippen LogP contribution in [0.4, 0.5) is 0 Å². The minimum Gasteiger partial charge on any atom is -0.477 e. The Morgan fingerprint density at radius 2 is 2.22 bits per heavy atom. The van der Waals surface area contributed by atoms with E-state index in [0.717, 1.165) is 16.4 Å². The molecule has 0 aromatic heterocycles. The van der Waals surface area contributed by atoms with Crippen molar-refractivity contribution in [2.45, 2.75) is 24.3 Å². The van der Waals surface area contributed by atoms with Crippen LogP contribution >= 0.6 is 23.5 Å². The summed E-state index contributed by atoms with van der Waals surface area (Å²) in [5, 5.41) is 19.0. The van der Waals surface area contributed by atoms with E-state index in [4.69, 9.17) is 0 Å². The smallest absolute Gasteiger partial charge is 0.353 e. The average Bonchev–Trinajstić information content (AvgIpc) is 2.60. The molecule has 18 heavy (non-hydrogen) atoms. The van der Waals surface area contributed by atoms with Crippen molar-refractivity contribution in [1.29, 1.82) is 0 Å². The number of amides is 1. The fourth-order valence-electron chi connectivity index (χ4n) is 2.88. The molecule has 0 aliphatic carbocycles. The van der Waals surface area contributed by atoms with Gasteiger partial charge in [-0.25, -0.2) is 4.79 Å². The van der Waals surface area contributed by atoms with Crippen molar-refractivity contribution >= 4 is 35.4 Å². The molecule has 2 N–H and O–H groups in total. The average molecular weight is 287 g/mol. The van der Waals surface area contributed by atoms with Gasteiger partial charge < -0.3 is 10.2 Å². The van der Waals surface area contributed by atoms with Crippen molar-refractivity contribution in [1.82, 2.24) is 4.90 Å². The molecule has 4 atom stereocenters. The van der Waals surface area contributed by atoms with Crippen LogP contribution in [-0.4, -0.2) is 55.9 Å². The molecular formula is C11H13NO4S2. The van der Waals surface area contributed by atoms with Gasteiger partial charge in [0.05, 0.1) is 23.3 Å². The standard InChI is InChI=1S/C11H13NO4S2/c1-4(13)5-6-8-9(18-3-2-17-8)7(11(15)16)12(6)10(5)14/h4-6,8,13H,2-3H2,1H3,(H,15,16)/t4-,5-,6+,8+/m1/s1. The van der Waals surface area contributed by atoms with Gasteiger partial charge in [0.25, 0.3) is 0 Å². The molecule has 0 radical (unpaired) electrons. The van der Waals surface area contributed by atoms with Gasteiger partial charge in [-0.05, 0) is 6.92 Å². The quantitative estimate of drug-likeness (QED) is 0.714. The van der Waals surface area contributed by atoms with Gasteiger partial charge in [0.2, 0.25) is 5.91 Å². The number of carboxylic acids is 1. The first-order valence-electron chi connectivity index (χ1n) is 5.77. The lowest BCUT2D eigenvalue weighted by molar-refractivity contribution is -0.160. The number of carbonyl (C=O) groups is 2. The second-order valence-corrected chi connectivity index (χ2v) is 7.01. The van der Waals surface area contributed by atoms with E-state index in [9.17, 15) is 19.8 Å². The Labute approximate surface area is 113 Å². The van der Waals surface area contributed by atoms with Crippen LogP contribution in [0, 0.1) is 5.92 Å². The summed E-state index contributed by atoms with van der Waals surface area (Å²) < 4.78 is 0. The summed E-state index contributed by atoms with van der Waals surface area (Å²) in [6.45, 7) is 1.60. The fourth-order valence-corrected chi connectivity index (χ4v) is 5.85. The molecule has 0 aromatic carbocycles. The van der Waals surface area contributed by atoms with Crippen LogP contribution in [0.1, 0.15) is 6.92 Å². The zero-order chi connectivity index (χ0) is 13.0. The number of carboxylic acid groups (broad SMARTS) is 1. The van der Waals surface area contributed by atoms with Crippen LogP contribution in [0.15, 0.2) is 10.6 Å². The minimum atomic E-state index is -1.04. The first-order chi connectivity index (χ1) is 8.54. The van der Waals surface area contributed by atoms with Crippen molar-refractivity contribution in [2.24, 2.45) is 5.92 Å². The van der Waals surface area contributed by atoms with Crippen molar-refractivity contribution < 1.29 is 19.8 Å². The highest BCUT2D eigenvalue weighted by atomic mass is 32.2. The molecule has 0 unspecified atom stereocenters. The van der Waals surface area contributed by atoms with Crippen molar-refractivity contribution in [3.05, 3.63) is 10.6 Å². The van der Waals surface area contributed by atoms with E-state index < -0.39 is 18.0 Å². The van der Waals surface area contributed by atoms with E-state index in [1.807, 2.05) is 0 Å². The lowest BCUT2D eigenvalue weighted by Gasteiger charge is -2.46. The summed E-state index contributed by atoms with van der Waals surface area (Å²) in [6.07, 6.45) is -0.722. The number of aliphatic hydroxyl groups excluding tert-OH is 1. The molecule has 3 aliphatic rings. The largest absolute Gasteiger partial charge is 0.477 e. The summed E-state index contributed by atoms with van der Waals surface area (Å²) in [4.78, 5) is 25.5. The Hall–Kier alpha value is -0.660. The van der Waals surface area contributed by atoms with Gasteiger partial charge in [-0.1, -0.05) is 0 Å². The number of aliphatic carboxylic acids is 1. The summed E-state index contributed by atoms with van der Waals surface area (Å²) in [5.74, 6) is 0.0893. The third-order valence-corrected chi connectivity index (χ3v) is 6.48. The van der Waals surface area contributed by atoms with Gasteiger partial charge >= 0.3 is 5.97 Å². The highest BCUT2D eigenvalue weighted by Crippen LogP contribution is 2.53. The maximum absolute atomic E-state index is 12.0. The zero-order valence-corrected chi connectivity index (χ0v) is 11.3. The van der Waals surface area contributed by atoms with Crippen LogP contribution < -0.4 is 0 Å². The third-order valence-electron chi connectivity index (χ3n) is 3.59. The molecule has 3 aliphatic heterocycles. The van der Waals surface area contributed by atoms with Crippen LogP contribution in [-0.2, 0) is 9.59 Å². The lowest BCUT2D eigenvalue weighted by atomic mass is 9.83. The molecule has 3 rings (SSSR count). The third kappa shape index (κ3) is 1.47. The highest BCUT2D eigenvalue weighted by Gasteiger charge is 2.61. The Bertz CT molecular complexity index is 462. The van der Waals surface area contributed by atoms with Gasteiger partial charge in [0.15, 0.2) is 0 Å². The Morgan fingerprint density at radius 3 is 2.83 bits per heavy atom. The van der Waals surface area contributed by atoms with Crippen molar-refractivity contribution in [3.8, 4) is 0 Å². The summed E-state index contributed by atoms with van der Waals surface area (Å²) >= 11 is 3.23. The van der Waals surface area contributed by atoms with Crippen LogP contribution in [0.2, 0.25) is 0 Å². The molecule has 0 spiro atoms. The number of aliphatic hydroxyl groups is 1. The fraction of sp³-hybridized carbons (Fsp3) is 0.636. The molecule has 98 valence electrons. The number of hydrogen-bond acceptors (Lipinski definition) is 5. The van der Waals surface area contributed by atoms with E-state index >= 15 is 0 Å². The molecule has 1 amide bonds. The molecule has 0 bridgehead atoms. The topological polar surface area (TPSA) is 77.8 Å². The minimum absolute atomic E-state index is 0.0344. The molecule has 0 saturated carbocycles. The van der Waals surface area contributed by atoms with E-state index in [0.29, 0.717) is 0 Å². The van der Waals surface area contributed by atoms with Gasteiger partial charge in [-0.2, -0.15) is 11.8 Å². The SMILES string of the molecule is C[C@@H](O)[C@H]1C(=O)N2C(C(=O)O)=C3SCCS[C@H]3[C@H]12. The second-order valence-electron chi connectivity index (χ2n) is 4.62. The monoisotopic (exact) mass is 287 g/mol. The summed E-state index contributed by atoms with van der Waals surface area (Å²) in [5.41, 5.74) is 0.143. The molecule has 2 saturated heterocycles. The van der Waals surface area contributed by atoms with Crippen LogP contribution in [0.5, 0.6) is 0 Å². The van der Waals surface area contributed by atoms with Crippen molar-refractivity contribution in [3.63, 3.8) is 0 Å². The predicted molar refractivity (Wildman–Crippen MR) is 69.2 cm³/mol. The van der Waals surface area contributed by atoms with E-state index in [-0.39, 0.29) is 22.9 Å². The zero-order valence-electron chi connectivity index (χ0n) is 9.70. The summed E-state index contributed by atoms with van der Waals surface area (Å²) in [7, 11) is 0. The number of nitrogens with zero attached hydrogens (tertiary/aromatic N) is 1. The molecule has 0 aromatic rings. The van der Waals surface area contributed by atoms with E-state index in [2.05, 4.69) is 0 Å². The maximum Gasteiger partial charge on any atom is 0.353 e. The van der Waals surface area contributed by atoms with Crippen molar-refractivity contribution in [2.75, 3.05) is 11.5 Å². The van der Waals surface area contributed by atoms with Crippen LogP contribution in [0.3, 0.4) is 0 Å². The van der Waals surface area contributed by atoms with E-state index in [1.165, 1.54) is 16.7 Å². The van der Waals surface area contributed by atoms with Gasteiger partial charge in [0.1, 0.15) is 5.70 Å². The number of hydrogen-bond donors (Lipinski definition) is 2. The maximum atomic E-state index is 12.0. The Kier molecular flexibility index (Phi) is 2.87. The predicted octanol–water partition coefficient (Wildman–Crippen LogP) is 0.353. The number of fused-ring (bicyclic) bond motifs is 3. The summed E-state index contributed by atoms with van der Waals surface area (Å²) in [6, 6.07) is -0.170. The number of carbonyl (C=O) groups excluding carboxylic acids is 1. The van der Waals surface area contributed by atoms with Gasteiger partial charge in [-0.3, -0.25) is 9.69 Å². The highest BCUT2D eigenvalue weighted by molar-refractivity contribution is 8.09. The second kappa shape index (κ2) is 4.18. The lowest BCUT2D eigenvalue weighted by Crippen LogP contribution is -2.64. The number of rotatable bonds is 2. The van der Waals surface area contributed by atoms with Gasteiger partial charge in [-0.15, -0.1) is 11.8 Å². The molecular weight excluding hydrogens is 274 g/mol.